The second kappa shape index (κ2) is 2.52. The number of thiol groups is 1. The van der Waals surface area contributed by atoms with E-state index in [1.165, 1.54) is 0 Å². The molecule has 0 rings (SSSR count). The predicted molar refractivity (Wildman–Crippen MR) is 18.4 cm³/mol. The van der Waals surface area contributed by atoms with Crippen LogP contribution in [0.1, 0.15) is 6.92 Å². The topological polar surface area (TPSA) is 0 Å². The van der Waals surface area contributed by atoms with E-state index in [1.807, 2.05) is 0 Å². The molecule has 0 spiro atoms. The van der Waals surface area contributed by atoms with E-state index < -0.39 is 0 Å². The van der Waals surface area contributed by atoms with Gasteiger partial charge in [0.25, 0.3) is 0 Å². The molecule has 1 atom stereocenters. The molecular formula is C2H5HgS. The molecule has 0 radical (unpaired) electrons. The first-order chi connectivity index (χ1) is 1.73. The van der Waals surface area contributed by atoms with Crippen LogP contribution < -0.4 is 0 Å². The van der Waals surface area contributed by atoms with Gasteiger partial charge in [-0.15, -0.1) is 0 Å². The fourth-order valence-corrected chi connectivity index (χ4v) is 0. The van der Waals surface area contributed by atoms with E-state index in [2.05, 4.69) is 19.6 Å². The van der Waals surface area contributed by atoms with Crippen molar-refractivity contribution in [2.75, 3.05) is 0 Å². The molecule has 0 fully saturated rings. The molecule has 0 bridgehead atoms. The summed E-state index contributed by atoms with van der Waals surface area (Å²) in [5, 5.41) is 0. The average Bonchev–Trinajstić information content (AvgIpc) is 0.811. The zero-order valence-electron chi connectivity index (χ0n) is 2.73. The first kappa shape index (κ1) is 5.29. The number of hydrogen-bond donors (Lipinski definition) is 1. The summed E-state index contributed by atoms with van der Waals surface area (Å²) in [6, 6.07) is 0. The molecule has 0 saturated heterocycles. The van der Waals surface area contributed by atoms with Crippen LogP contribution >= 0.6 is 12.6 Å². The van der Waals surface area contributed by atoms with Crippen LogP contribution in [0.2, 0.25) is 0 Å². The van der Waals surface area contributed by atoms with Crippen LogP contribution in [0.25, 0.3) is 0 Å². The van der Waals surface area contributed by atoms with Crippen LogP contribution in [0.3, 0.4) is 0 Å². The molecule has 4 heavy (non-hydrogen) atoms. The van der Waals surface area contributed by atoms with Crippen LogP contribution in [0.4, 0.5) is 0 Å². The van der Waals surface area contributed by atoms with Crippen molar-refractivity contribution < 1.29 is 26.1 Å². The van der Waals surface area contributed by atoms with Crippen LogP contribution in [0.15, 0.2) is 0 Å². The van der Waals surface area contributed by atoms with Crippen molar-refractivity contribution in [1.82, 2.24) is 0 Å². The van der Waals surface area contributed by atoms with Gasteiger partial charge in [0.1, 0.15) is 0 Å². The molecule has 0 aromatic heterocycles. The molecule has 0 heterocycles. The van der Waals surface area contributed by atoms with Gasteiger partial charge in [-0.3, -0.25) is 0 Å². The van der Waals surface area contributed by atoms with E-state index in [1.54, 1.807) is 0 Å². The third-order valence-corrected chi connectivity index (χ3v) is 0. The Morgan fingerprint density at radius 1 is 2.00 bits per heavy atom. The molecule has 1 unspecified atom stereocenters. The summed E-state index contributed by atoms with van der Waals surface area (Å²) in [4.78, 5) is 0. The van der Waals surface area contributed by atoms with Gasteiger partial charge in [0, 0.05) is 0 Å². The van der Waals surface area contributed by atoms with Gasteiger partial charge in [0.15, 0.2) is 0 Å². The standard InChI is InChI=1S/C2H5S.Hg/c1-2-3;/h2-3H,1H3;. The quantitative estimate of drug-likeness (QED) is 0.484. The maximum absolute atomic E-state index is 4.05. The molecule has 0 aliphatic carbocycles. The Hall–Kier alpha value is 1.29. The zero-order valence-corrected chi connectivity index (χ0v) is 9.12. The van der Waals surface area contributed by atoms with Crippen molar-refractivity contribution in [3.63, 3.8) is 0 Å². The summed E-state index contributed by atoms with van der Waals surface area (Å²) >= 11 is 4.94. The van der Waals surface area contributed by atoms with E-state index in [0.29, 0.717) is 0 Å². The minimum atomic E-state index is 0.722. The van der Waals surface area contributed by atoms with E-state index in [0.717, 1.165) is 28.9 Å². The van der Waals surface area contributed by atoms with E-state index in [4.69, 9.17) is 0 Å². The van der Waals surface area contributed by atoms with Crippen molar-refractivity contribution in [2.45, 2.75) is 9.68 Å². The van der Waals surface area contributed by atoms with Crippen LogP contribution in [-0.4, -0.2) is 2.76 Å². The Balaban J connectivity index is 2.32. The predicted octanol–water partition coefficient (Wildman–Crippen LogP) is 0.809. The van der Waals surface area contributed by atoms with Gasteiger partial charge in [-0.25, -0.2) is 0 Å². The van der Waals surface area contributed by atoms with Crippen molar-refractivity contribution >= 4 is 12.6 Å². The Morgan fingerprint density at radius 3 is 2.00 bits per heavy atom. The molecule has 0 amide bonds. The Kier molecular flexibility index (Phi) is 3.33. The third-order valence-electron chi connectivity index (χ3n) is 0. The molecule has 0 aromatic carbocycles. The van der Waals surface area contributed by atoms with Gasteiger partial charge in [-0.2, -0.15) is 0 Å². The molecular weight excluding hydrogens is 257 g/mol. The summed E-state index contributed by atoms with van der Waals surface area (Å²) in [7, 11) is 0. The van der Waals surface area contributed by atoms with E-state index in [9.17, 15) is 0 Å². The van der Waals surface area contributed by atoms with Gasteiger partial charge >= 0.3 is 48.4 Å². The monoisotopic (exact) mass is 263 g/mol. The minimum absolute atomic E-state index is 0.722. The van der Waals surface area contributed by atoms with Crippen molar-refractivity contribution in [3.05, 3.63) is 0 Å². The first-order valence-electron chi connectivity index (χ1n) is 1.24. The summed E-state index contributed by atoms with van der Waals surface area (Å²) in [6.07, 6.45) is 0. The molecule has 0 aliphatic rings. The SMILES string of the molecule is C[CH](S)[Hg]. The average molecular weight is 262 g/mol. The van der Waals surface area contributed by atoms with Gasteiger partial charge < -0.3 is 0 Å². The summed E-state index contributed by atoms with van der Waals surface area (Å²) in [5.41, 5.74) is 0. The Bertz CT molecular complexity index is 10.8. The summed E-state index contributed by atoms with van der Waals surface area (Å²) in [6.45, 7) is 2.12. The number of hydrogen-bond acceptors (Lipinski definition) is 1. The van der Waals surface area contributed by atoms with Gasteiger partial charge in [-0.1, -0.05) is 0 Å². The van der Waals surface area contributed by atoms with Gasteiger partial charge in [0.05, 0.1) is 0 Å². The fourth-order valence-electron chi connectivity index (χ4n) is 0. The number of rotatable bonds is 0. The molecule has 0 aromatic rings. The van der Waals surface area contributed by atoms with Gasteiger partial charge in [-0.05, 0) is 0 Å². The van der Waals surface area contributed by atoms with Gasteiger partial charge in [0.2, 0.25) is 0 Å². The summed E-state index contributed by atoms with van der Waals surface area (Å²) in [5.74, 6) is 0. The maximum atomic E-state index is 4.05. The molecule has 21 valence electrons. The molecule has 2 heteroatoms. The van der Waals surface area contributed by atoms with E-state index >= 15 is 0 Å². The molecule has 0 aliphatic heterocycles. The second-order valence-electron chi connectivity index (χ2n) is 0.849. The first-order valence-corrected chi connectivity index (χ1v) is 4.93. The molecule has 0 N–H and O–H groups in total. The molecule has 0 nitrogen and oxygen atoms in total. The van der Waals surface area contributed by atoms with Crippen LogP contribution in [0, 0.1) is 0 Å². The Morgan fingerprint density at radius 2 is 2.00 bits per heavy atom. The zero-order chi connectivity index (χ0) is 3.58. The van der Waals surface area contributed by atoms with E-state index in [-0.39, 0.29) is 0 Å². The second-order valence-corrected chi connectivity index (χ2v) is 9.16. The normalized spacial score (nSPS) is 16.0. The van der Waals surface area contributed by atoms with Crippen LogP contribution in [-0.2, 0) is 26.1 Å². The van der Waals surface area contributed by atoms with Crippen molar-refractivity contribution in [3.8, 4) is 0 Å². The van der Waals surface area contributed by atoms with Crippen molar-refractivity contribution in [2.24, 2.45) is 0 Å². The fraction of sp³-hybridized carbons (Fsp3) is 1.00. The Labute approximate surface area is 48.3 Å². The van der Waals surface area contributed by atoms with Crippen LogP contribution in [0.5, 0.6) is 0 Å². The summed E-state index contributed by atoms with van der Waals surface area (Å²) < 4.78 is 0.722. The van der Waals surface area contributed by atoms with Crippen molar-refractivity contribution in [1.29, 1.82) is 0 Å². The molecule has 0 saturated carbocycles. The third kappa shape index (κ3) is 10.4.